The molecule has 0 heterocycles. The molecule has 0 saturated carbocycles. The standard InChI is InChI=1S/C6H8/c1-3-5-6-4-2/h4H,1,6H2,2H3. The topological polar surface area (TPSA) is 0 Å². The summed E-state index contributed by atoms with van der Waals surface area (Å²) in [7, 11) is 0. The lowest BCUT2D eigenvalue weighted by atomic mass is 10.3. The van der Waals surface area contributed by atoms with Gasteiger partial charge in [-0.1, -0.05) is 6.92 Å². The minimum Gasteiger partial charge on any atom is -0.103 e. The normalized spacial score (nSPS) is 6.33. The van der Waals surface area contributed by atoms with Crippen LogP contribution in [0, 0.1) is 25.2 Å². The van der Waals surface area contributed by atoms with Gasteiger partial charge >= 0.3 is 0 Å². The van der Waals surface area contributed by atoms with Gasteiger partial charge in [-0.05, 0) is 6.42 Å². The van der Waals surface area contributed by atoms with Gasteiger partial charge in [0.25, 0.3) is 0 Å². The summed E-state index contributed by atoms with van der Waals surface area (Å²) < 4.78 is 0. The van der Waals surface area contributed by atoms with Gasteiger partial charge in [0.15, 0.2) is 0 Å². The molecule has 0 fully saturated rings. The molecule has 6 heavy (non-hydrogen) atoms. The van der Waals surface area contributed by atoms with Crippen molar-refractivity contribution in [1.82, 2.24) is 0 Å². The van der Waals surface area contributed by atoms with Crippen molar-refractivity contribution in [2.24, 2.45) is 0 Å². The van der Waals surface area contributed by atoms with E-state index in [1.165, 1.54) is 0 Å². The lowest BCUT2D eigenvalue weighted by Gasteiger charge is -1.71. The summed E-state index contributed by atoms with van der Waals surface area (Å²) in [4.78, 5) is 0. The molecule has 0 heteroatoms. The average Bonchev–Trinajstić information content (AvgIpc) is 1.61. The van der Waals surface area contributed by atoms with Crippen LogP contribution in [0.1, 0.15) is 13.3 Å². The summed E-state index contributed by atoms with van der Waals surface area (Å²) in [6, 6.07) is 0. The first-order valence-electron chi connectivity index (χ1n) is 1.94. The second-order valence-electron chi connectivity index (χ2n) is 0.966. The Morgan fingerprint density at radius 2 is 2.50 bits per heavy atom. The first kappa shape index (κ1) is 5.56. The van der Waals surface area contributed by atoms with Crippen molar-refractivity contribution in [2.45, 2.75) is 13.3 Å². The molecular weight excluding hydrogens is 72.1 g/mol. The minimum atomic E-state index is 0.865. The van der Waals surface area contributed by atoms with E-state index in [4.69, 9.17) is 0 Å². The molecule has 0 bridgehead atoms. The summed E-state index contributed by atoms with van der Waals surface area (Å²) in [5, 5.41) is 0. The second kappa shape index (κ2) is 4.56. The SMILES string of the molecule is [CH2]C#CC[CH]C. The molecule has 0 aromatic rings. The fourth-order valence-corrected chi connectivity index (χ4v) is 0.174. The van der Waals surface area contributed by atoms with Gasteiger partial charge in [-0.3, -0.25) is 0 Å². The van der Waals surface area contributed by atoms with Crippen molar-refractivity contribution in [3.05, 3.63) is 13.3 Å². The molecule has 0 unspecified atom stereocenters. The highest BCUT2D eigenvalue weighted by Gasteiger charge is 1.64. The van der Waals surface area contributed by atoms with Crippen LogP contribution >= 0.6 is 0 Å². The third-order valence-electron chi connectivity index (χ3n) is 0.431. The Hall–Kier alpha value is -0.440. The highest BCUT2D eigenvalue weighted by atomic mass is 13.7. The molecule has 0 amide bonds. The zero-order chi connectivity index (χ0) is 4.83. The Bertz CT molecular complexity index is 61.8. The van der Waals surface area contributed by atoms with Gasteiger partial charge in [0.2, 0.25) is 0 Å². The van der Waals surface area contributed by atoms with Crippen LogP contribution < -0.4 is 0 Å². The van der Waals surface area contributed by atoms with Gasteiger partial charge in [-0.15, -0.1) is 11.8 Å². The predicted molar refractivity (Wildman–Crippen MR) is 27.7 cm³/mol. The Balaban J connectivity index is 2.79. The van der Waals surface area contributed by atoms with E-state index in [1.54, 1.807) is 0 Å². The second-order valence-corrected chi connectivity index (χ2v) is 0.966. The molecule has 2 radical (unpaired) electrons. The van der Waals surface area contributed by atoms with Gasteiger partial charge in [0.1, 0.15) is 0 Å². The van der Waals surface area contributed by atoms with E-state index in [9.17, 15) is 0 Å². The van der Waals surface area contributed by atoms with E-state index < -0.39 is 0 Å². The Morgan fingerprint density at radius 3 is 2.67 bits per heavy atom. The van der Waals surface area contributed by atoms with Crippen molar-refractivity contribution in [3.63, 3.8) is 0 Å². The van der Waals surface area contributed by atoms with Crippen LogP contribution in [0.15, 0.2) is 0 Å². The van der Waals surface area contributed by atoms with E-state index in [-0.39, 0.29) is 0 Å². The summed E-state index contributed by atoms with van der Waals surface area (Å²) >= 11 is 0. The van der Waals surface area contributed by atoms with E-state index in [0.717, 1.165) is 6.42 Å². The largest absolute Gasteiger partial charge is 0.103 e. The zero-order valence-corrected chi connectivity index (χ0v) is 3.99. The molecule has 0 aromatic carbocycles. The molecular formula is C6H8. The monoisotopic (exact) mass is 80.1 g/mol. The van der Waals surface area contributed by atoms with E-state index in [2.05, 4.69) is 18.8 Å². The molecule has 0 N–H and O–H groups in total. The third-order valence-corrected chi connectivity index (χ3v) is 0.431. The lowest BCUT2D eigenvalue weighted by molar-refractivity contribution is 1.26. The highest BCUT2D eigenvalue weighted by molar-refractivity contribution is 5.03. The van der Waals surface area contributed by atoms with Crippen LogP contribution in [-0.4, -0.2) is 0 Å². The van der Waals surface area contributed by atoms with Crippen LogP contribution in [0.25, 0.3) is 0 Å². The molecule has 0 aromatic heterocycles. The number of hydrogen-bond acceptors (Lipinski definition) is 0. The summed E-state index contributed by atoms with van der Waals surface area (Å²) in [5.74, 6) is 5.32. The van der Waals surface area contributed by atoms with Crippen LogP contribution in [0.5, 0.6) is 0 Å². The Morgan fingerprint density at radius 1 is 1.83 bits per heavy atom. The summed E-state index contributed by atoms with van der Waals surface area (Å²) in [6.07, 6.45) is 2.86. The fraction of sp³-hybridized carbons (Fsp3) is 0.333. The van der Waals surface area contributed by atoms with Crippen LogP contribution in [0.4, 0.5) is 0 Å². The maximum absolute atomic E-state index is 3.34. The zero-order valence-electron chi connectivity index (χ0n) is 3.99. The third kappa shape index (κ3) is 3.56. The highest BCUT2D eigenvalue weighted by Crippen LogP contribution is 1.76. The van der Waals surface area contributed by atoms with Gasteiger partial charge in [-0.2, -0.15) is 0 Å². The molecule has 0 rings (SSSR count). The molecule has 0 aliphatic heterocycles. The van der Waals surface area contributed by atoms with Gasteiger partial charge in [-0.25, -0.2) is 0 Å². The smallest absolute Gasteiger partial charge is 0.0198 e. The molecule has 0 aliphatic carbocycles. The van der Waals surface area contributed by atoms with Crippen LogP contribution in [-0.2, 0) is 0 Å². The van der Waals surface area contributed by atoms with Gasteiger partial charge in [0, 0.05) is 13.3 Å². The summed E-state index contributed by atoms with van der Waals surface area (Å²) in [5.41, 5.74) is 0. The molecule has 0 saturated heterocycles. The molecule has 0 spiro atoms. The fourth-order valence-electron chi connectivity index (χ4n) is 0.174. The first-order chi connectivity index (χ1) is 2.91. The average molecular weight is 80.1 g/mol. The molecule has 0 aliphatic rings. The molecule has 0 atom stereocenters. The van der Waals surface area contributed by atoms with Gasteiger partial charge < -0.3 is 0 Å². The maximum atomic E-state index is 3.34. The van der Waals surface area contributed by atoms with E-state index in [0.29, 0.717) is 0 Å². The Labute approximate surface area is 39.6 Å². The Kier molecular flexibility index (Phi) is 4.23. The van der Waals surface area contributed by atoms with Crippen LogP contribution in [0.2, 0.25) is 0 Å². The van der Waals surface area contributed by atoms with Crippen LogP contribution in [0.3, 0.4) is 0 Å². The summed E-state index contributed by atoms with van der Waals surface area (Å²) in [6.45, 7) is 5.32. The quantitative estimate of drug-likeness (QED) is 0.418. The molecule has 32 valence electrons. The lowest BCUT2D eigenvalue weighted by Crippen LogP contribution is -1.58. The van der Waals surface area contributed by atoms with Crippen molar-refractivity contribution in [2.75, 3.05) is 0 Å². The number of unbranched alkanes of at least 4 members (excludes halogenated alkanes) is 1. The first-order valence-corrected chi connectivity index (χ1v) is 1.94. The van der Waals surface area contributed by atoms with Crippen molar-refractivity contribution >= 4 is 0 Å². The predicted octanol–water partition coefficient (Wildman–Crippen LogP) is 1.44. The van der Waals surface area contributed by atoms with E-state index in [1.807, 2.05) is 13.3 Å². The van der Waals surface area contributed by atoms with Gasteiger partial charge in [0.05, 0.1) is 0 Å². The van der Waals surface area contributed by atoms with Crippen molar-refractivity contribution in [1.29, 1.82) is 0 Å². The number of hydrogen-bond donors (Lipinski definition) is 0. The maximum Gasteiger partial charge on any atom is 0.0198 e. The van der Waals surface area contributed by atoms with Crippen molar-refractivity contribution in [3.8, 4) is 11.8 Å². The van der Waals surface area contributed by atoms with E-state index >= 15 is 0 Å². The minimum absolute atomic E-state index is 0.865. The molecule has 0 nitrogen and oxygen atoms in total. The van der Waals surface area contributed by atoms with Crippen molar-refractivity contribution < 1.29 is 0 Å². The number of rotatable bonds is 1.